The van der Waals surface area contributed by atoms with Crippen LogP contribution in [0, 0.1) is 13.8 Å². The van der Waals surface area contributed by atoms with Crippen LogP contribution in [0.3, 0.4) is 0 Å². The SMILES string of the molecule is Cc1[nH]c(/C=C2\C(=O)Nc3ccc(-c4cnn(-c5ccccc5)c4)cc32)c(C)c1C(=O)NC1CCCNC1. The zero-order chi connectivity index (χ0) is 26.2. The Morgan fingerprint density at radius 3 is 2.76 bits per heavy atom. The molecule has 38 heavy (non-hydrogen) atoms. The van der Waals surface area contributed by atoms with Crippen LogP contribution in [0.4, 0.5) is 5.69 Å². The first-order valence-corrected chi connectivity index (χ1v) is 13.0. The first kappa shape index (κ1) is 23.9. The maximum absolute atomic E-state index is 13.1. The third-order valence-electron chi connectivity index (χ3n) is 7.36. The summed E-state index contributed by atoms with van der Waals surface area (Å²) >= 11 is 0. The zero-order valence-electron chi connectivity index (χ0n) is 21.5. The van der Waals surface area contributed by atoms with E-state index in [0.717, 1.165) is 70.9 Å². The van der Waals surface area contributed by atoms with Gasteiger partial charge in [-0.15, -0.1) is 0 Å². The van der Waals surface area contributed by atoms with Crippen molar-refractivity contribution in [3.63, 3.8) is 0 Å². The lowest BCUT2D eigenvalue weighted by molar-refractivity contribution is -0.110. The molecule has 192 valence electrons. The number of carbonyl (C=O) groups is 2. The number of H-pyrrole nitrogens is 1. The predicted octanol–water partition coefficient (Wildman–Crippen LogP) is 4.46. The van der Waals surface area contributed by atoms with Crippen LogP contribution in [0.15, 0.2) is 60.9 Å². The fourth-order valence-electron chi connectivity index (χ4n) is 5.34. The van der Waals surface area contributed by atoms with Gasteiger partial charge in [-0.25, -0.2) is 4.68 Å². The van der Waals surface area contributed by atoms with Crippen molar-refractivity contribution in [1.29, 1.82) is 0 Å². The number of fused-ring (bicyclic) bond motifs is 1. The summed E-state index contributed by atoms with van der Waals surface area (Å²) in [7, 11) is 0. The molecule has 2 amide bonds. The molecule has 0 bridgehead atoms. The van der Waals surface area contributed by atoms with Crippen LogP contribution in [-0.2, 0) is 4.79 Å². The lowest BCUT2D eigenvalue weighted by Gasteiger charge is -2.23. The van der Waals surface area contributed by atoms with E-state index in [9.17, 15) is 9.59 Å². The Labute approximate surface area is 221 Å². The van der Waals surface area contributed by atoms with E-state index in [1.54, 1.807) is 0 Å². The van der Waals surface area contributed by atoms with Gasteiger partial charge in [0.05, 0.1) is 23.0 Å². The highest BCUT2D eigenvalue weighted by Crippen LogP contribution is 2.37. The summed E-state index contributed by atoms with van der Waals surface area (Å²) in [5.74, 6) is -0.244. The molecule has 1 unspecified atom stereocenters. The number of para-hydroxylation sites is 1. The monoisotopic (exact) mass is 506 g/mol. The Hall–Kier alpha value is -4.43. The van der Waals surface area contributed by atoms with E-state index in [1.165, 1.54) is 0 Å². The minimum Gasteiger partial charge on any atom is -0.358 e. The third-order valence-corrected chi connectivity index (χ3v) is 7.36. The van der Waals surface area contributed by atoms with Crippen LogP contribution >= 0.6 is 0 Å². The van der Waals surface area contributed by atoms with E-state index in [2.05, 4.69) is 26.0 Å². The van der Waals surface area contributed by atoms with Gasteiger partial charge < -0.3 is 20.9 Å². The van der Waals surface area contributed by atoms with E-state index in [4.69, 9.17) is 0 Å². The number of nitrogens with one attached hydrogen (secondary N) is 4. The van der Waals surface area contributed by atoms with Crippen molar-refractivity contribution in [2.45, 2.75) is 32.7 Å². The molecule has 4 N–H and O–H groups in total. The molecule has 1 fully saturated rings. The average molecular weight is 507 g/mol. The highest BCUT2D eigenvalue weighted by Gasteiger charge is 2.27. The first-order chi connectivity index (χ1) is 18.5. The van der Waals surface area contributed by atoms with E-state index >= 15 is 0 Å². The predicted molar refractivity (Wildman–Crippen MR) is 149 cm³/mol. The second-order valence-electron chi connectivity index (χ2n) is 9.96. The van der Waals surface area contributed by atoms with Crippen LogP contribution < -0.4 is 16.0 Å². The first-order valence-electron chi connectivity index (χ1n) is 13.0. The van der Waals surface area contributed by atoms with E-state index < -0.39 is 0 Å². The van der Waals surface area contributed by atoms with Gasteiger partial charge in [0.25, 0.3) is 11.8 Å². The van der Waals surface area contributed by atoms with Gasteiger partial charge in [0.1, 0.15) is 0 Å². The Kier molecular flexibility index (Phi) is 6.17. The van der Waals surface area contributed by atoms with E-state index in [0.29, 0.717) is 11.1 Å². The molecule has 2 aliphatic heterocycles. The molecule has 1 atom stereocenters. The largest absolute Gasteiger partial charge is 0.358 e. The van der Waals surface area contributed by atoms with Crippen molar-refractivity contribution in [3.05, 3.63) is 89.0 Å². The number of carbonyl (C=O) groups excluding carboxylic acids is 2. The van der Waals surface area contributed by atoms with Gasteiger partial charge in [-0.05, 0) is 74.7 Å². The van der Waals surface area contributed by atoms with E-state index in [-0.39, 0.29) is 17.9 Å². The normalized spacial score (nSPS) is 17.9. The highest BCUT2D eigenvalue weighted by molar-refractivity contribution is 6.35. The van der Waals surface area contributed by atoms with Crippen LogP contribution in [0.5, 0.6) is 0 Å². The molecule has 8 heteroatoms. The van der Waals surface area contributed by atoms with Crippen molar-refractivity contribution in [2.24, 2.45) is 0 Å². The molecular formula is C30H30N6O2. The number of anilines is 1. The summed E-state index contributed by atoms with van der Waals surface area (Å²) in [5.41, 5.74) is 8.08. The molecular weight excluding hydrogens is 476 g/mol. The molecule has 2 aromatic carbocycles. The van der Waals surface area contributed by atoms with Gasteiger partial charge in [-0.2, -0.15) is 5.10 Å². The quantitative estimate of drug-likeness (QED) is 0.300. The average Bonchev–Trinajstić information content (AvgIpc) is 3.61. The topological polar surface area (TPSA) is 104 Å². The standard InChI is InChI=1S/C30H30N6O2/c1-18-27(33-19(2)28(18)30(38)34-22-7-6-12-31-16-22)14-25-24-13-20(10-11-26(24)35-29(25)37)21-15-32-36(17-21)23-8-4-3-5-9-23/h3-5,8-11,13-15,17,22,31,33H,6-7,12,16H2,1-2H3,(H,34,38)(H,35,37)/b25-14-. The van der Waals surface area contributed by atoms with Crippen LogP contribution in [0.25, 0.3) is 28.5 Å². The minimum absolute atomic E-state index is 0.0800. The molecule has 8 nitrogen and oxygen atoms in total. The number of nitrogens with zero attached hydrogens (tertiary/aromatic N) is 2. The summed E-state index contributed by atoms with van der Waals surface area (Å²) in [6.07, 6.45) is 7.68. The van der Waals surface area contributed by atoms with Crippen LogP contribution in [0.2, 0.25) is 0 Å². The lowest BCUT2D eigenvalue weighted by atomic mass is 9.99. The molecule has 0 aliphatic carbocycles. The summed E-state index contributed by atoms with van der Waals surface area (Å²) in [5, 5.41) is 14.0. The fourth-order valence-corrected chi connectivity index (χ4v) is 5.34. The molecule has 0 spiro atoms. The number of aromatic amines is 1. The number of rotatable bonds is 5. The van der Waals surface area contributed by atoms with Gasteiger partial charge in [-0.3, -0.25) is 9.59 Å². The highest BCUT2D eigenvalue weighted by atomic mass is 16.2. The molecule has 1 saturated heterocycles. The maximum atomic E-state index is 13.1. The molecule has 4 aromatic rings. The second-order valence-corrected chi connectivity index (χ2v) is 9.96. The number of aromatic nitrogens is 3. The number of benzene rings is 2. The number of piperidine rings is 1. The third kappa shape index (κ3) is 4.43. The van der Waals surface area contributed by atoms with Crippen molar-refractivity contribution in [2.75, 3.05) is 18.4 Å². The minimum atomic E-state index is -0.164. The molecule has 0 radical (unpaired) electrons. The molecule has 4 heterocycles. The smallest absolute Gasteiger partial charge is 0.256 e. The van der Waals surface area contributed by atoms with Gasteiger partial charge in [0.2, 0.25) is 0 Å². The molecule has 0 saturated carbocycles. The van der Waals surface area contributed by atoms with Crippen LogP contribution in [-0.4, -0.2) is 45.7 Å². The van der Waals surface area contributed by atoms with Gasteiger partial charge in [-0.1, -0.05) is 24.3 Å². The number of hydrogen-bond donors (Lipinski definition) is 4. The van der Waals surface area contributed by atoms with Crippen molar-refractivity contribution >= 4 is 29.2 Å². The number of hydrogen-bond acceptors (Lipinski definition) is 4. The summed E-state index contributed by atoms with van der Waals surface area (Å²) in [4.78, 5) is 29.4. The fraction of sp³-hybridized carbons (Fsp3) is 0.233. The Morgan fingerprint density at radius 2 is 1.97 bits per heavy atom. The zero-order valence-corrected chi connectivity index (χ0v) is 21.5. The summed E-state index contributed by atoms with van der Waals surface area (Å²) < 4.78 is 1.84. The summed E-state index contributed by atoms with van der Waals surface area (Å²) in [6, 6.07) is 16.0. The number of aryl methyl sites for hydroxylation is 1. The molecule has 2 aliphatic rings. The molecule has 2 aromatic heterocycles. The maximum Gasteiger partial charge on any atom is 0.256 e. The van der Waals surface area contributed by atoms with Crippen molar-refractivity contribution < 1.29 is 9.59 Å². The Bertz CT molecular complexity index is 1560. The second kappa shape index (κ2) is 9.79. The van der Waals surface area contributed by atoms with Gasteiger partial charge in [0.15, 0.2) is 0 Å². The van der Waals surface area contributed by atoms with E-state index in [1.807, 2.05) is 85.5 Å². The molecule has 6 rings (SSSR count). The lowest BCUT2D eigenvalue weighted by Crippen LogP contribution is -2.45. The number of amides is 2. The van der Waals surface area contributed by atoms with Crippen molar-refractivity contribution in [3.8, 4) is 16.8 Å². The Morgan fingerprint density at radius 1 is 1.13 bits per heavy atom. The van der Waals surface area contributed by atoms with Gasteiger partial charge in [0, 0.05) is 47.0 Å². The summed E-state index contributed by atoms with van der Waals surface area (Å²) in [6.45, 7) is 5.60. The van der Waals surface area contributed by atoms with Crippen molar-refractivity contribution in [1.82, 2.24) is 25.4 Å². The van der Waals surface area contributed by atoms with Crippen LogP contribution in [0.1, 0.15) is 45.7 Å². The Balaban J connectivity index is 1.30. The van der Waals surface area contributed by atoms with Gasteiger partial charge >= 0.3 is 0 Å².